The Labute approximate surface area is 130 Å². The molecule has 0 fully saturated rings. The highest BCUT2D eigenvalue weighted by Gasteiger charge is 2.20. The van der Waals surface area contributed by atoms with Crippen LogP contribution in [0.2, 0.25) is 0 Å². The Morgan fingerprint density at radius 3 is 2.41 bits per heavy atom. The number of ether oxygens (including phenoxy) is 2. The highest BCUT2D eigenvalue weighted by Crippen LogP contribution is 2.33. The fraction of sp³-hybridized carbons (Fsp3) is 0.333. The standard InChI is InChI=1S/C18H20FNO2/c1-21-17-9-13-7-8-20(12-15(13)10-18(17)22-2)11-14-5-3-4-6-16(14)19/h3-6,9-10H,7-8,11-12H2,1-2H3. The van der Waals surface area contributed by atoms with Gasteiger partial charge in [0.25, 0.3) is 0 Å². The first kappa shape index (κ1) is 14.9. The lowest BCUT2D eigenvalue weighted by molar-refractivity contribution is 0.241. The topological polar surface area (TPSA) is 21.7 Å². The van der Waals surface area contributed by atoms with Crippen LogP contribution in [0.15, 0.2) is 36.4 Å². The molecule has 3 nitrogen and oxygen atoms in total. The van der Waals surface area contributed by atoms with E-state index in [0.29, 0.717) is 6.54 Å². The zero-order valence-corrected chi connectivity index (χ0v) is 12.9. The molecular weight excluding hydrogens is 281 g/mol. The predicted molar refractivity (Wildman–Crippen MR) is 83.8 cm³/mol. The largest absolute Gasteiger partial charge is 0.493 e. The highest BCUT2D eigenvalue weighted by molar-refractivity contribution is 5.48. The summed E-state index contributed by atoms with van der Waals surface area (Å²) in [7, 11) is 3.29. The third kappa shape index (κ3) is 2.92. The Morgan fingerprint density at radius 1 is 1.05 bits per heavy atom. The fourth-order valence-corrected chi connectivity index (χ4v) is 2.94. The summed E-state index contributed by atoms with van der Waals surface area (Å²) in [6, 6.07) is 11.0. The maximum absolute atomic E-state index is 13.8. The normalized spacial score (nSPS) is 14.5. The minimum atomic E-state index is -0.138. The van der Waals surface area contributed by atoms with Gasteiger partial charge in [-0.2, -0.15) is 0 Å². The molecule has 0 bridgehead atoms. The predicted octanol–water partition coefficient (Wildman–Crippen LogP) is 3.40. The molecule has 0 spiro atoms. The number of halogens is 1. The van der Waals surface area contributed by atoms with Crippen LogP contribution in [0.4, 0.5) is 4.39 Å². The first-order chi connectivity index (χ1) is 10.7. The second-order valence-corrected chi connectivity index (χ2v) is 5.53. The Balaban J connectivity index is 1.80. The van der Waals surface area contributed by atoms with E-state index in [-0.39, 0.29) is 5.82 Å². The lowest BCUT2D eigenvalue weighted by atomic mass is 9.98. The molecule has 1 aliphatic rings. The van der Waals surface area contributed by atoms with E-state index in [1.54, 1.807) is 20.3 Å². The number of hydrogen-bond donors (Lipinski definition) is 0. The summed E-state index contributed by atoms with van der Waals surface area (Å²) in [6.45, 7) is 2.33. The van der Waals surface area contributed by atoms with E-state index in [4.69, 9.17) is 9.47 Å². The maximum Gasteiger partial charge on any atom is 0.161 e. The second-order valence-electron chi connectivity index (χ2n) is 5.53. The fourth-order valence-electron chi connectivity index (χ4n) is 2.94. The van der Waals surface area contributed by atoms with Crippen molar-refractivity contribution >= 4 is 0 Å². The molecule has 0 aliphatic carbocycles. The molecule has 3 rings (SSSR count). The van der Waals surface area contributed by atoms with Crippen molar-refractivity contribution in [2.24, 2.45) is 0 Å². The Bertz CT molecular complexity index is 672. The quantitative estimate of drug-likeness (QED) is 0.864. The molecule has 0 aromatic heterocycles. The molecule has 0 amide bonds. The Hall–Kier alpha value is -2.07. The van der Waals surface area contributed by atoms with Gasteiger partial charge in [0.15, 0.2) is 11.5 Å². The molecule has 0 saturated carbocycles. The van der Waals surface area contributed by atoms with Gasteiger partial charge in [0.2, 0.25) is 0 Å². The van der Waals surface area contributed by atoms with Crippen LogP contribution in [-0.4, -0.2) is 25.7 Å². The average Bonchev–Trinajstić information content (AvgIpc) is 2.55. The SMILES string of the molecule is COc1cc2c(cc1OC)CN(Cc1ccccc1F)CC2. The molecular formula is C18H20FNO2. The van der Waals surface area contributed by atoms with E-state index in [1.165, 1.54) is 17.2 Å². The van der Waals surface area contributed by atoms with Crippen LogP contribution in [-0.2, 0) is 19.5 Å². The molecule has 4 heteroatoms. The molecule has 0 N–H and O–H groups in total. The molecule has 22 heavy (non-hydrogen) atoms. The number of fused-ring (bicyclic) bond motifs is 1. The summed E-state index contributed by atoms with van der Waals surface area (Å²) in [5.74, 6) is 1.37. The maximum atomic E-state index is 13.8. The van der Waals surface area contributed by atoms with E-state index in [0.717, 1.165) is 36.6 Å². The summed E-state index contributed by atoms with van der Waals surface area (Å²) >= 11 is 0. The van der Waals surface area contributed by atoms with Gasteiger partial charge in [-0.3, -0.25) is 4.90 Å². The average molecular weight is 301 g/mol. The molecule has 0 radical (unpaired) electrons. The monoisotopic (exact) mass is 301 g/mol. The molecule has 116 valence electrons. The second kappa shape index (κ2) is 6.36. The molecule has 1 heterocycles. The molecule has 2 aromatic carbocycles. The summed E-state index contributed by atoms with van der Waals surface area (Å²) < 4.78 is 24.5. The summed E-state index contributed by atoms with van der Waals surface area (Å²) in [5.41, 5.74) is 3.24. The van der Waals surface area contributed by atoms with Gasteiger partial charge >= 0.3 is 0 Å². The van der Waals surface area contributed by atoms with Gasteiger partial charge in [-0.25, -0.2) is 4.39 Å². The molecule has 0 unspecified atom stereocenters. The van der Waals surface area contributed by atoms with E-state index in [9.17, 15) is 4.39 Å². The van der Waals surface area contributed by atoms with Crippen molar-refractivity contribution in [2.75, 3.05) is 20.8 Å². The lowest BCUT2D eigenvalue weighted by Gasteiger charge is -2.29. The third-order valence-corrected chi connectivity index (χ3v) is 4.15. The van der Waals surface area contributed by atoms with Crippen LogP contribution in [0.1, 0.15) is 16.7 Å². The first-order valence-electron chi connectivity index (χ1n) is 7.41. The Kier molecular flexibility index (Phi) is 4.29. The zero-order valence-electron chi connectivity index (χ0n) is 12.9. The smallest absolute Gasteiger partial charge is 0.161 e. The summed E-state index contributed by atoms with van der Waals surface area (Å²) in [6.07, 6.45) is 0.935. The van der Waals surface area contributed by atoms with Crippen LogP contribution in [0.5, 0.6) is 11.5 Å². The van der Waals surface area contributed by atoms with E-state index >= 15 is 0 Å². The van der Waals surface area contributed by atoms with Crippen molar-refractivity contribution in [3.05, 3.63) is 58.9 Å². The number of methoxy groups -OCH3 is 2. The number of nitrogens with zero attached hydrogens (tertiary/aromatic N) is 1. The van der Waals surface area contributed by atoms with Crippen molar-refractivity contribution < 1.29 is 13.9 Å². The summed E-state index contributed by atoms with van der Waals surface area (Å²) in [5, 5.41) is 0. The van der Waals surface area contributed by atoms with Crippen molar-refractivity contribution in [1.29, 1.82) is 0 Å². The number of benzene rings is 2. The van der Waals surface area contributed by atoms with E-state index in [2.05, 4.69) is 11.0 Å². The van der Waals surface area contributed by atoms with E-state index in [1.807, 2.05) is 18.2 Å². The van der Waals surface area contributed by atoms with Crippen LogP contribution in [0.3, 0.4) is 0 Å². The lowest BCUT2D eigenvalue weighted by Crippen LogP contribution is -2.30. The molecule has 0 saturated heterocycles. The minimum Gasteiger partial charge on any atom is -0.493 e. The van der Waals surface area contributed by atoms with Gasteiger partial charge in [0.1, 0.15) is 5.82 Å². The number of hydrogen-bond acceptors (Lipinski definition) is 3. The van der Waals surface area contributed by atoms with Crippen LogP contribution in [0.25, 0.3) is 0 Å². The van der Waals surface area contributed by atoms with Gasteiger partial charge in [0.05, 0.1) is 14.2 Å². The van der Waals surface area contributed by atoms with Gasteiger partial charge in [-0.05, 0) is 35.7 Å². The van der Waals surface area contributed by atoms with Gasteiger partial charge in [-0.15, -0.1) is 0 Å². The van der Waals surface area contributed by atoms with E-state index < -0.39 is 0 Å². The first-order valence-corrected chi connectivity index (χ1v) is 7.41. The number of rotatable bonds is 4. The van der Waals surface area contributed by atoms with Crippen molar-refractivity contribution in [3.63, 3.8) is 0 Å². The van der Waals surface area contributed by atoms with Crippen LogP contribution >= 0.6 is 0 Å². The third-order valence-electron chi connectivity index (χ3n) is 4.15. The van der Waals surface area contributed by atoms with Crippen LogP contribution in [0, 0.1) is 5.82 Å². The molecule has 2 aromatic rings. The van der Waals surface area contributed by atoms with Crippen LogP contribution < -0.4 is 9.47 Å². The zero-order chi connectivity index (χ0) is 15.5. The van der Waals surface area contributed by atoms with Crippen molar-refractivity contribution in [3.8, 4) is 11.5 Å². The summed E-state index contributed by atoms with van der Waals surface area (Å²) in [4.78, 5) is 2.26. The van der Waals surface area contributed by atoms with Crippen molar-refractivity contribution in [1.82, 2.24) is 4.90 Å². The molecule has 0 atom stereocenters. The van der Waals surface area contributed by atoms with Gasteiger partial charge < -0.3 is 9.47 Å². The Morgan fingerprint density at radius 2 is 1.73 bits per heavy atom. The molecule has 1 aliphatic heterocycles. The van der Waals surface area contributed by atoms with Gasteiger partial charge in [0, 0.05) is 25.2 Å². The minimum absolute atomic E-state index is 0.138. The van der Waals surface area contributed by atoms with Crippen molar-refractivity contribution in [2.45, 2.75) is 19.5 Å². The highest BCUT2D eigenvalue weighted by atomic mass is 19.1. The van der Waals surface area contributed by atoms with Gasteiger partial charge in [-0.1, -0.05) is 18.2 Å².